The predicted molar refractivity (Wildman–Crippen MR) is 229 cm³/mol. The van der Waals surface area contributed by atoms with E-state index in [0.29, 0.717) is 0 Å². The van der Waals surface area contributed by atoms with Crippen molar-refractivity contribution in [2.24, 2.45) is 0 Å². The number of benzene rings is 6. The average molecular weight is 696 g/mol. The Morgan fingerprint density at radius 3 is 2.09 bits per heavy atom. The lowest BCUT2D eigenvalue weighted by molar-refractivity contribution is 0.654. The summed E-state index contributed by atoms with van der Waals surface area (Å²) in [6.45, 7) is 10.9. The molecule has 0 saturated heterocycles. The van der Waals surface area contributed by atoms with Crippen molar-refractivity contribution in [1.82, 2.24) is 9.55 Å². The summed E-state index contributed by atoms with van der Waals surface area (Å²) in [6, 6.07) is 55.0. The first-order chi connectivity index (χ1) is 26.5. The van der Waals surface area contributed by atoms with Crippen LogP contribution < -0.4 is 4.90 Å². The van der Waals surface area contributed by atoms with Crippen molar-refractivity contribution in [2.45, 2.75) is 26.2 Å². The molecule has 0 amide bonds. The summed E-state index contributed by atoms with van der Waals surface area (Å²) >= 11 is 0. The van der Waals surface area contributed by atoms with Gasteiger partial charge in [-0.15, -0.1) is 0 Å². The minimum Gasteiger partial charge on any atom is -0.310 e. The van der Waals surface area contributed by atoms with Crippen LogP contribution in [-0.2, 0) is 5.41 Å². The molecule has 0 fully saturated rings. The number of anilines is 3. The van der Waals surface area contributed by atoms with Gasteiger partial charge in [0.05, 0.1) is 11.0 Å². The fourth-order valence-electron chi connectivity index (χ4n) is 8.38. The van der Waals surface area contributed by atoms with Crippen molar-refractivity contribution in [2.75, 3.05) is 4.90 Å². The van der Waals surface area contributed by atoms with Crippen molar-refractivity contribution in [3.8, 4) is 27.9 Å². The van der Waals surface area contributed by atoms with Crippen LogP contribution in [0.3, 0.4) is 0 Å². The summed E-state index contributed by atoms with van der Waals surface area (Å²) in [5, 5.41) is 2.50. The van der Waals surface area contributed by atoms with E-state index in [1.54, 1.807) is 0 Å². The maximum atomic E-state index is 4.40. The van der Waals surface area contributed by atoms with Gasteiger partial charge in [-0.3, -0.25) is 4.98 Å². The molecule has 2 heterocycles. The topological polar surface area (TPSA) is 21.1 Å². The maximum Gasteiger partial charge on any atom is 0.0541 e. The highest BCUT2D eigenvalue weighted by Crippen LogP contribution is 2.50. The highest BCUT2D eigenvalue weighted by molar-refractivity contribution is 6.10. The summed E-state index contributed by atoms with van der Waals surface area (Å²) < 4.78 is 2.36. The molecule has 0 N–H and O–H groups in total. The van der Waals surface area contributed by atoms with Crippen molar-refractivity contribution in [3.05, 3.63) is 206 Å². The Bertz CT molecular complexity index is 2750. The number of hydrogen-bond donors (Lipinski definition) is 0. The molecule has 2 aromatic heterocycles. The fraction of sp³-hybridized carbons (Fsp3) is 0.0784. The standard InChI is InChI=1S/C51H41N3/c1-5-14-43-44-28-27-42(33-48(44)51(3,4)47(43)6-2)53(41-19-12-15-36(31-41)38-16-13-30-52-34-38)40-25-22-35(23-26-40)37-24-29-50-46(32-37)45-20-10-11-21-49(45)54(50)39-17-8-7-9-18-39/h5-34H,2H2,1,3-4H3/b14-5-. The van der Waals surface area contributed by atoms with Crippen LogP contribution in [0.5, 0.6) is 0 Å². The Hall–Kier alpha value is -6.71. The molecule has 1 aliphatic rings. The highest BCUT2D eigenvalue weighted by atomic mass is 15.1. The van der Waals surface area contributed by atoms with E-state index in [4.69, 9.17) is 0 Å². The van der Waals surface area contributed by atoms with E-state index in [0.717, 1.165) is 33.9 Å². The molecule has 0 aliphatic heterocycles. The molecule has 0 unspecified atom stereocenters. The first-order valence-electron chi connectivity index (χ1n) is 18.6. The van der Waals surface area contributed by atoms with Crippen molar-refractivity contribution in [3.63, 3.8) is 0 Å². The second-order valence-electron chi connectivity index (χ2n) is 14.5. The number of nitrogens with zero attached hydrogens (tertiary/aromatic N) is 3. The van der Waals surface area contributed by atoms with Crippen LogP contribution >= 0.6 is 0 Å². The van der Waals surface area contributed by atoms with Crippen LogP contribution in [0.15, 0.2) is 194 Å². The predicted octanol–water partition coefficient (Wildman–Crippen LogP) is 13.8. The largest absolute Gasteiger partial charge is 0.310 e. The molecule has 3 heteroatoms. The molecular formula is C51H41N3. The number of fused-ring (bicyclic) bond motifs is 4. The van der Waals surface area contributed by atoms with Gasteiger partial charge in [0, 0.05) is 56.9 Å². The molecule has 0 atom stereocenters. The van der Waals surface area contributed by atoms with Crippen molar-refractivity contribution >= 4 is 44.4 Å². The van der Waals surface area contributed by atoms with Crippen LogP contribution in [0.4, 0.5) is 17.1 Å². The third-order valence-electron chi connectivity index (χ3n) is 11.0. The molecule has 260 valence electrons. The summed E-state index contributed by atoms with van der Waals surface area (Å²) in [7, 11) is 0. The van der Waals surface area contributed by atoms with Gasteiger partial charge in [0.1, 0.15) is 0 Å². The van der Waals surface area contributed by atoms with E-state index in [1.165, 1.54) is 55.2 Å². The van der Waals surface area contributed by atoms with E-state index < -0.39 is 0 Å². The van der Waals surface area contributed by atoms with Crippen LogP contribution in [0.2, 0.25) is 0 Å². The van der Waals surface area contributed by atoms with E-state index in [2.05, 4.69) is 200 Å². The van der Waals surface area contributed by atoms with Crippen LogP contribution in [0.1, 0.15) is 31.9 Å². The maximum absolute atomic E-state index is 4.40. The summed E-state index contributed by atoms with van der Waals surface area (Å²) in [5.41, 5.74) is 16.3. The number of rotatable bonds is 8. The van der Waals surface area contributed by atoms with E-state index in [-0.39, 0.29) is 5.41 Å². The Morgan fingerprint density at radius 2 is 1.31 bits per heavy atom. The number of aromatic nitrogens is 2. The SMILES string of the molecule is C=CC1=C(/C=C\C)c2ccc(N(c3ccc(-c4ccc5c(c4)c4ccccc4n5-c4ccccc4)cc3)c3cccc(-c4cccnc4)c3)cc2C1(C)C. The molecule has 0 radical (unpaired) electrons. The number of para-hydroxylation sites is 2. The summed E-state index contributed by atoms with van der Waals surface area (Å²) in [4.78, 5) is 6.78. The molecule has 1 aliphatic carbocycles. The first-order valence-corrected chi connectivity index (χ1v) is 18.6. The van der Waals surface area contributed by atoms with Gasteiger partial charge in [-0.05, 0) is 119 Å². The molecule has 9 rings (SSSR count). The monoisotopic (exact) mass is 695 g/mol. The second-order valence-corrected chi connectivity index (χ2v) is 14.5. The average Bonchev–Trinajstić information content (AvgIpc) is 3.66. The number of pyridine rings is 1. The molecule has 0 saturated carbocycles. The third kappa shape index (κ3) is 5.48. The Morgan fingerprint density at radius 1 is 0.611 bits per heavy atom. The van der Waals surface area contributed by atoms with E-state index in [9.17, 15) is 0 Å². The van der Waals surface area contributed by atoms with E-state index in [1.807, 2.05) is 24.5 Å². The van der Waals surface area contributed by atoms with Gasteiger partial charge in [-0.2, -0.15) is 0 Å². The molecule has 54 heavy (non-hydrogen) atoms. The van der Waals surface area contributed by atoms with Gasteiger partial charge in [0.15, 0.2) is 0 Å². The molecular weight excluding hydrogens is 655 g/mol. The smallest absolute Gasteiger partial charge is 0.0541 e. The zero-order valence-corrected chi connectivity index (χ0v) is 30.9. The Balaban J connectivity index is 1.16. The number of allylic oxidation sites excluding steroid dienone is 5. The van der Waals surface area contributed by atoms with Crippen LogP contribution in [0.25, 0.3) is 55.3 Å². The first kappa shape index (κ1) is 33.1. The minimum absolute atomic E-state index is 0.183. The van der Waals surface area contributed by atoms with Crippen LogP contribution in [0, 0.1) is 0 Å². The summed E-state index contributed by atoms with van der Waals surface area (Å²) in [5.74, 6) is 0. The van der Waals surface area contributed by atoms with E-state index >= 15 is 0 Å². The summed E-state index contributed by atoms with van der Waals surface area (Å²) in [6.07, 6.45) is 10.1. The lowest BCUT2D eigenvalue weighted by Crippen LogP contribution is -2.17. The Kier molecular flexibility index (Phi) is 8.20. The lowest BCUT2D eigenvalue weighted by Gasteiger charge is -2.29. The lowest BCUT2D eigenvalue weighted by atomic mass is 9.81. The molecule has 0 spiro atoms. The van der Waals surface area contributed by atoms with Gasteiger partial charge in [0.2, 0.25) is 0 Å². The van der Waals surface area contributed by atoms with Crippen molar-refractivity contribution in [1.29, 1.82) is 0 Å². The normalized spacial score (nSPS) is 13.5. The van der Waals surface area contributed by atoms with Gasteiger partial charge in [-0.1, -0.05) is 118 Å². The van der Waals surface area contributed by atoms with Crippen molar-refractivity contribution < 1.29 is 0 Å². The third-order valence-corrected chi connectivity index (χ3v) is 11.0. The number of hydrogen-bond acceptors (Lipinski definition) is 2. The molecule has 8 aromatic rings. The minimum atomic E-state index is -0.183. The second kappa shape index (κ2) is 13.4. The highest BCUT2D eigenvalue weighted by Gasteiger charge is 2.36. The quantitative estimate of drug-likeness (QED) is 0.158. The van der Waals surface area contributed by atoms with Gasteiger partial charge in [-0.25, -0.2) is 0 Å². The molecule has 0 bridgehead atoms. The zero-order valence-electron chi connectivity index (χ0n) is 30.9. The Labute approximate surface area is 317 Å². The van der Waals surface area contributed by atoms with Gasteiger partial charge in [0.25, 0.3) is 0 Å². The molecule has 3 nitrogen and oxygen atoms in total. The van der Waals surface area contributed by atoms with Gasteiger partial charge < -0.3 is 9.47 Å². The molecule has 6 aromatic carbocycles. The van der Waals surface area contributed by atoms with Gasteiger partial charge >= 0.3 is 0 Å². The zero-order chi connectivity index (χ0) is 36.8. The van der Waals surface area contributed by atoms with Crippen LogP contribution in [-0.4, -0.2) is 9.55 Å². The fourth-order valence-corrected chi connectivity index (χ4v) is 8.38.